The van der Waals surface area contributed by atoms with Crippen LogP contribution in [-0.2, 0) is 14.8 Å². The fourth-order valence-electron chi connectivity index (χ4n) is 3.43. The van der Waals surface area contributed by atoms with Crippen LogP contribution in [0, 0.1) is 0 Å². The zero-order valence-electron chi connectivity index (χ0n) is 17.4. The predicted octanol–water partition coefficient (Wildman–Crippen LogP) is 3.87. The number of benzene rings is 2. The van der Waals surface area contributed by atoms with Gasteiger partial charge in [-0.2, -0.15) is 0 Å². The summed E-state index contributed by atoms with van der Waals surface area (Å²) in [6.45, 7) is 1.22. The summed E-state index contributed by atoms with van der Waals surface area (Å²) in [5, 5.41) is 9.09. The van der Waals surface area contributed by atoms with Crippen molar-refractivity contribution in [3.8, 4) is 5.75 Å². The van der Waals surface area contributed by atoms with E-state index in [4.69, 9.17) is 21.4 Å². The molecule has 0 atom stereocenters. The van der Waals surface area contributed by atoms with Gasteiger partial charge in [0.05, 0.1) is 18.4 Å². The van der Waals surface area contributed by atoms with E-state index >= 15 is 0 Å². The van der Waals surface area contributed by atoms with Crippen LogP contribution in [0.3, 0.4) is 0 Å². The lowest BCUT2D eigenvalue weighted by Crippen LogP contribution is -2.36. The number of halogens is 1. The van der Waals surface area contributed by atoms with E-state index in [1.165, 1.54) is 49.6 Å². The number of likely N-dealkylation sites (tertiary alicyclic amines) is 1. The molecule has 170 valence electrons. The Bertz CT molecular complexity index is 1160. The molecule has 0 saturated carbocycles. The van der Waals surface area contributed by atoms with Crippen molar-refractivity contribution >= 4 is 45.3 Å². The number of carbonyl (C=O) groups is 2. The molecule has 0 radical (unpaired) electrons. The van der Waals surface area contributed by atoms with Crippen molar-refractivity contribution in [3.63, 3.8) is 0 Å². The Morgan fingerprint density at radius 2 is 1.84 bits per heavy atom. The Hall–Kier alpha value is -3.04. The van der Waals surface area contributed by atoms with Crippen LogP contribution in [0.25, 0.3) is 6.08 Å². The Kier molecular flexibility index (Phi) is 7.42. The van der Waals surface area contributed by atoms with Crippen LogP contribution in [-0.4, -0.2) is 50.5 Å². The largest absolute Gasteiger partial charge is 0.495 e. The van der Waals surface area contributed by atoms with Gasteiger partial charge in [0.1, 0.15) is 10.6 Å². The number of carboxylic acid groups (broad SMARTS) is 1. The normalized spacial score (nSPS) is 14.4. The van der Waals surface area contributed by atoms with Gasteiger partial charge in [-0.1, -0.05) is 17.7 Å². The minimum absolute atomic E-state index is 0.0570. The molecule has 3 rings (SSSR count). The number of nitrogens with zero attached hydrogens (tertiary/aromatic N) is 1. The van der Waals surface area contributed by atoms with E-state index in [1.807, 2.05) is 0 Å². The van der Waals surface area contributed by atoms with Gasteiger partial charge in [0.25, 0.3) is 15.9 Å². The minimum Gasteiger partial charge on any atom is -0.495 e. The maximum atomic E-state index is 13.2. The van der Waals surface area contributed by atoms with E-state index in [-0.39, 0.29) is 32.8 Å². The highest BCUT2D eigenvalue weighted by molar-refractivity contribution is 7.92. The number of hydrogen-bond donors (Lipinski definition) is 2. The van der Waals surface area contributed by atoms with Gasteiger partial charge < -0.3 is 14.7 Å². The van der Waals surface area contributed by atoms with Gasteiger partial charge in [-0.15, -0.1) is 0 Å². The van der Waals surface area contributed by atoms with E-state index in [1.54, 1.807) is 4.90 Å². The average molecular weight is 479 g/mol. The lowest BCUT2D eigenvalue weighted by atomic mass is 10.1. The number of rotatable bonds is 7. The van der Waals surface area contributed by atoms with Gasteiger partial charge in [-0.05, 0) is 61.2 Å². The molecule has 2 N–H and O–H groups in total. The van der Waals surface area contributed by atoms with E-state index in [2.05, 4.69) is 4.72 Å². The smallest absolute Gasteiger partial charge is 0.328 e. The standard InChI is InChI=1S/C22H23ClN2O6S/c1-31-19-9-5-15(6-10-21(26)27)13-20(19)32(29,30)24-18-14-16(23)7-8-17(18)22(28)25-11-3-2-4-12-25/h5-10,13-14,24H,2-4,11-12H2,1H3,(H,26,27)/b10-6+. The molecule has 2 aromatic carbocycles. The number of sulfonamides is 1. The van der Waals surface area contributed by atoms with Crippen molar-refractivity contribution in [1.82, 2.24) is 4.90 Å². The summed E-state index contributed by atoms with van der Waals surface area (Å²) in [6.07, 6.45) is 5.02. The van der Waals surface area contributed by atoms with Crippen molar-refractivity contribution in [2.45, 2.75) is 24.2 Å². The fraction of sp³-hybridized carbons (Fsp3) is 0.273. The molecule has 0 unspecified atom stereocenters. The molecule has 0 spiro atoms. The monoisotopic (exact) mass is 478 g/mol. The average Bonchev–Trinajstić information content (AvgIpc) is 2.77. The number of nitrogens with one attached hydrogen (secondary N) is 1. The summed E-state index contributed by atoms with van der Waals surface area (Å²) in [7, 11) is -2.88. The van der Waals surface area contributed by atoms with Crippen molar-refractivity contribution in [3.05, 3.63) is 58.6 Å². The third kappa shape index (κ3) is 5.60. The van der Waals surface area contributed by atoms with Gasteiger partial charge in [0.2, 0.25) is 0 Å². The molecule has 0 aliphatic carbocycles. The van der Waals surface area contributed by atoms with Crippen LogP contribution in [0.15, 0.2) is 47.4 Å². The summed E-state index contributed by atoms with van der Waals surface area (Å²) >= 11 is 6.09. The number of anilines is 1. The van der Waals surface area contributed by atoms with Gasteiger partial charge in [0, 0.05) is 24.2 Å². The summed E-state index contributed by atoms with van der Waals surface area (Å²) in [5.74, 6) is -1.37. The Balaban J connectivity index is 1.99. The Morgan fingerprint density at radius 3 is 2.50 bits per heavy atom. The topological polar surface area (TPSA) is 113 Å². The molecule has 1 amide bonds. The van der Waals surface area contributed by atoms with E-state index in [9.17, 15) is 18.0 Å². The second-order valence-electron chi connectivity index (χ2n) is 7.23. The molecule has 1 aliphatic rings. The maximum Gasteiger partial charge on any atom is 0.328 e. The van der Waals surface area contributed by atoms with Crippen LogP contribution in [0.5, 0.6) is 5.75 Å². The second kappa shape index (κ2) is 10.1. The van der Waals surface area contributed by atoms with Crippen molar-refractivity contribution in [1.29, 1.82) is 0 Å². The first-order valence-electron chi connectivity index (χ1n) is 9.92. The molecule has 32 heavy (non-hydrogen) atoms. The first kappa shape index (κ1) is 23.6. The quantitative estimate of drug-likeness (QED) is 0.584. The van der Waals surface area contributed by atoms with Crippen LogP contribution in [0.1, 0.15) is 35.2 Å². The molecule has 1 fully saturated rings. The zero-order chi connectivity index (χ0) is 23.3. The Morgan fingerprint density at radius 1 is 1.12 bits per heavy atom. The number of methoxy groups -OCH3 is 1. The molecular formula is C22H23ClN2O6S. The lowest BCUT2D eigenvalue weighted by Gasteiger charge is -2.27. The number of hydrogen-bond acceptors (Lipinski definition) is 5. The number of carboxylic acids is 1. The van der Waals surface area contributed by atoms with E-state index < -0.39 is 16.0 Å². The van der Waals surface area contributed by atoms with Crippen molar-refractivity contribution in [2.24, 2.45) is 0 Å². The molecule has 1 heterocycles. The number of carbonyl (C=O) groups excluding carboxylic acids is 1. The van der Waals surface area contributed by atoms with Crippen molar-refractivity contribution < 1.29 is 27.9 Å². The summed E-state index contributed by atoms with van der Waals surface area (Å²) in [5.41, 5.74) is 0.603. The zero-order valence-corrected chi connectivity index (χ0v) is 18.9. The molecule has 0 aromatic heterocycles. The van der Waals surface area contributed by atoms with Gasteiger partial charge in [-0.3, -0.25) is 9.52 Å². The molecular weight excluding hydrogens is 456 g/mol. The maximum absolute atomic E-state index is 13.2. The molecule has 8 nitrogen and oxygen atoms in total. The third-order valence-corrected chi connectivity index (χ3v) is 6.62. The minimum atomic E-state index is -4.21. The SMILES string of the molecule is COc1ccc(/C=C/C(=O)O)cc1S(=O)(=O)Nc1cc(Cl)ccc1C(=O)N1CCCCC1. The first-order chi connectivity index (χ1) is 15.2. The highest BCUT2D eigenvalue weighted by Crippen LogP contribution is 2.30. The number of amides is 1. The highest BCUT2D eigenvalue weighted by atomic mass is 35.5. The molecule has 10 heteroatoms. The van der Waals surface area contributed by atoms with E-state index in [0.29, 0.717) is 18.7 Å². The van der Waals surface area contributed by atoms with Crippen LogP contribution < -0.4 is 9.46 Å². The van der Waals surface area contributed by atoms with Crippen LogP contribution in [0.2, 0.25) is 5.02 Å². The predicted molar refractivity (Wildman–Crippen MR) is 122 cm³/mol. The molecule has 1 saturated heterocycles. The fourth-order valence-corrected chi connectivity index (χ4v) is 4.88. The number of piperidine rings is 1. The lowest BCUT2D eigenvalue weighted by molar-refractivity contribution is -0.131. The first-order valence-corrected chi connectivity index (χ1v) is 11.8. The van der Waals surface area contributed by atoms with Crippen LogP contribution >= 0.6 is 11.6 Å². The Labute approximate surface area is 191 Å². The molecule has 2 aromatic rings. The summed E-state index contributed by atoms with van der Waals surface area (Å²) in [6, 6.07) is 8.67. The number of ether oxygens (including phenoxy) is 1. The van der Waals surface area contributed by atoms with E-state index in [0.717, 1.165) is 25.3 Å². The van der Waals surface area contributed by atoms with Gasteiger partial charge in [0.15, 0.2) is 0 Å². The number of aliphatic carboxylic acids is 1. The summed E-state index contributed by atoms with van der Waals surface area (Å²) in [4.78, 5) is 25.3. The van der Waals surface area contributed by atoms with Crippen molar-refractivity contribution in [2.75, 3.05) is 24.9 Å². The molecule has 0 bridgehead atoms. The van der Waals surface area contributed by atoms with Crippen LogP contribution in [0.4, 0.5) is 5.69 Å². The third-order valence-electron chi connectivity index (χ3n) is 5.00. The second-order valence-corrected chi connectivity index (χ2v) is 9.32. The summed E-state index contributed by atoms with van der Waals surface area (Å²) < 4.78 is 34.1. The molecule has 1 aliphatic heterocycles. The van der Waals surface area contributed by atoms with Gasteiger partial charge in [-0.25, -0.2) is 13.2 Å². The van der Waals surface area contributed by atoms with Gasteiger partial charge >= 0.3 is 5.97 Å². The highest BCUT2D eigenvalue weighted by Gasteiger charge is 2.25.